The lowest BCUT2D eigenvalue weighted by atomic mass is 10.1. The third-order valence-electron chi connectivity index (χ3n) is 4.37. The van der Waals surface area contributed by atoms with E-state index < -0.39 is 10.0 Å². The van der Waals surface area contributed by atoms with Gasteiger partial charge in [-0.2, -0.15) is 0 Å². The summed E-state index contributed by atoms with van der Waals surface area (Å²) in [7, 11) is -2.33. The molecule has 3 aromatic carbocycles. The number of aryl methyl sites for hydroxylation is 1. The van der Waals surface area contributed by atoms with Crippen LogP contribution >= 0.6 is 11.6 Å². The maximum atomic E-state index is 12.9. The molecule has 0 bridgehead atoms. The number of hydrogen-bond acceptors (Lipinski definition) is 4. The molecule has 0 saturated heterocycles. The number of carbonyl (C=O) groups excluding carboxylic acids is 1. The molecule has 0 aliphatic carbocycles. The summed E-state index contributed by atoms with van der Waals surface area (Å²) in [6.45, 7) is 1.98. The molecule has 30 heavy (non-hydrogen) atoms. The molecule has 0 spiro atoms. The fourth-order valence-electron chi connectivity index (χ4n) is 2.95. The summed E-state index contributed by atoms with van der Waals surface area (Å²) < 4.78 is 33.4. The van der Waals surface area contributed by atoms with E-state index in [-0.39, 0.29) is 10.8 Å². The Morgan fingerprint density at radius 1 is 1.00 bits per heavy atom. The van der Waals surface area contributed by atoms with Gasteiger partial charge in [-0.15, -0.1) is 0 Å². The van der Waals surface area contributed by atoms with Crippen LogP contribution < -0.4 is 10.0 Å². The van der Waals surface area contributed by atoms with Crippen molar-refractivity contribution in [1.82, 2.24) is 0 Å². The van der Waals surface area contributed by atoms with Crippen LogP contribution in [0.4, 0.5) is 11.4 Å². The lowest BCUT2D eigenvalue weighted by molar-refractivity contribution is 0.102. The SMILES string of the molecule is COCc1ccccc1C(=O)Nc1ccc(C)c(S(=O)(=O)Nc2cccc(Cl)c2)c1. The molecule has 156 valence electrons. The zero-order valence-electron chi connectivity index (χ0n) is 16.5. The van der Waals surface area contributed by atoms with Crippen LogP contribution in [0.1, 0.15) is 21.5 Å². The molecule has 0 atom stereocenters. The Labute approximate surface area is 180 Å². The highest BCUT2D eigenvalue weighted by Crippen LogP contribution is 2.25. The lowest BCUT2D eigenvalue weighted by Gasteiger charge is -2.14. The normalized spacial score (nSPS) is 11.2. The van der Waals surface area contributed by atoms with Crippen molar-refractivity contribution < 1.29 is 17.9 Å². The largest absolute Gasteiger partial charge is 0.380 e. The minimum Gasteiger partial charge on any atom is -0.380 e. The van der Waals surface area contributed by atoms with Gasteiger partial charge in [-0.1, -0.05) is 41.9 Å². The summed E-state index contributed by atoms with van der Waals surface area (Å²) in [6.07, 6.45) is 0. The maximum Gasteiger partial charge on any atom is 0.262 e. The van der Waals surface area contributed by atoms with E-state index in [4.69, 9.17) is 16.3 Å². The Morgan fingerprint density at radius 2 is 1.77 bits per heavy atom. The maximum absolute atomic E-state index is 12.9. The summed E-state index contributed by atoms with van der Waals surface area (Å²) >= 11 is 5.94. The first kappa shape index (κ1) is 21.8. The van der Waals surface area contributed by atoms with Crippen LogP contribution in [0.2, 0.25) is 5.02 Å². The molecule has 1 amide bonds. The first-order valence-corrected chi connectivity index (χ1v) is 10.9. The molecular weight excluding hydrogens is 424 g/mol. The molecule has 0 unspecified atom stereocenters. The van der Waals surface area contributed by atoms with E-state index in [1.807, 2.05) is 6.07 Å². The second-order valence-corrected chi connectivity index (χ2v) is 8.73. The summed E-state index contributed by atoms with van der Waals surface area (Å²) in [6, 6.07) is 18.2. The zero-order chi connectivity index (χ0) is 21.7. The molecule has 3 rings (SSSR count). The fourth-order valence-corrected chi connectivity index (χ4v) is 4.46. The van der Waals surface area contributed by atoms with Crippen LogP contribution in [0.15, 0.2) is 71.6 Å². The van der Waals surface area contributed by atoms with Crippen LogP contribution in [0.5, 0.6) is 0 Å². The summed E-state index contributed by atoms with van der Waals surface area (Å²) in [4.78, 5) is 12.8. The molecule has 0 aromatic heterocycles. The number of halogens is 1. The number of amides is 1. The van der Waals surface area contributed by atoms with Gasteiger partial charge >= 0.3 is 0 Å². The smallest absolute Gasteiger partial charge is 0.262 e. The predicted octanol–water partition coefficient (Wildman–Crippen LogP) is 4.85. The minimum absolute atomic E-state index is 0.0606. The number of methoxy groups -OCH3 is 1. The van der Waals surface area contributed by atoms with E-state index in [0.717, 1.165) is 5.56 Å². The van der Waals surface area contributed by atoms with Crippen LogP contribution in [0.3, 0.4) is 0 Å². The standard InChI is InChI=1S/C22H21ClN2O4S/c1-15-10-11-18(24-22(26)20-9-4-3-6-16(20)14-29-2)13-21(15)30(27,28)25-19-8-5-7-17(23)12-19/h3-13,25H,14H2,1-2H3,(H,24,26). The van der Waals surface area contributed by atoms with Gasteiger partial charge in [-0.3, -0.25) is 9.52 Å². The average Bonchev–Trinajstić information content (AvgIpc) is 2.69. The monoisotopic (exact) mass is 444 g/mol. The molecule has 0 fully saturated rings. The van der Waals surface area contributed by atoms with Crippen LogP contribution in [-0.4, -0.2) is 21.4 Å². The highest BCUT2D eigenvalue weighted by molar-refractivity contribution is 7.92. The summed E-state index contributed by atoms with van der Waals surface area (Å²) in [5.74, 6) is -0.349. The van der Waals surface area contributed by atoms with E-state index >= 15 is 0 Å². The number of rotatable bonds is 7. The Bertz CT molecular complexity index is 1180. The van der Waals surface area contributed by atoms with Gasteiger partial charge in [-0.25, -0.2) is 8.42 Å². The second-order valence-electron chi connectivity index (χ2n) is 6.64. The van der Waals surface area contributed by atoms with Crippen molar-refractivity contribution in [3.8, 4) is 0 Å². The molecule has 8 heteroatoms. The van der Waals surface area contributed by atoms with Crippen LogP contribution in [-0.2, 0) is 21.4 Å². The van der Waals surface area contributed by atoms with Crippen molar-refractivity contribution >= 4 is 38.9 Å². The molecular formula is C22H21ClN2O4S. The molecule has 6 nitrogen and oxygen atoms in total. The van der Waals surface area contributed by atoms with Gasteiger partial charge in [0.2, 0.25) is 0 Å². The first-order valence-electron chi connectivity index (χ1n) is 9.07. The predicted molar refractivity (Wildman–Crippen MR) is 119 cm³/mol. The van der Waals surface area contributed by atoms with E-state index in [1.54, 1.807) is 62.6 Å². The number of carbonyl (C=O) groups is 1. The quantitative estimate of drug-likeness (QED) is 0.545. The van der Waals surface area contributed by atoms with Crippen molar-refractivity contribution in [2.24, 2.45) is 0 Å². The fraction of sp³-hybridized carbons (Fsp3) is 0.136. The Morgan fingerprint density at radius 3 is 2.50 bits per heavy atom. The van der Waals surface area contributed by atoms with Gasteiger partial charge in [-0.05, 0) is 54.4 Å². The summed E-state index contributed by atoms with van der Waals surface area (Å²) in [5.41, 5.74) is 2.46. The molecule has 0 saturated carbocycles. The Kier molecular flexibility index (Phi) is 6.77. The van der Waals surface area contributed by atoms with Crippen LogP contribution in [0, 0.1) is 6.92 Å². The Balaban J connectivity index is 1.87. The number of sulfonamides is 1. The average molecular weight is 445 g/mol. The lowest BCUT2D eigenvalue weighted by Crippen LogP contribution is -2.17. The topological polar surface area (TPSA) is 84.5 Å². The highest BCUT2D eigenvalue weighted by atomic mass is 35.5. The highest BCUT2D eigenvalue weighted by Gasteiger charge is 2.19. The van der Waals surface area contributed by atoms with Gasteiger partial charge in [0.1, 0.15) is 0 Å². The molecule has 0 heterocycles. The second kappa shape index (κ2) is 9.30. The van der Waals surface area contributed by atoms with Gasteiger partial charge in [0.25, 0.3) is 15.9 Å². The Hall–Kier alpha value is -2.87. The van der Waals surface area contributed by atoms with Crippen molar-refractivity contribution in [3.63, 3.8) is 0 Å². The third-order valence-corrected chi connectivity index (χ3v) is 6.13. The molecule has 2 N–H and O–H groups in total. The molecule has 0 aliphatic rings. The van der Waals surface area contributed by atoms with Crippen molar-refractivity contribution in [2.45, 2.75) is 18.4 Å². The van der Waals surface area contributed by atoms with Crippen molar-refractivity contribution in [2.75, 3.05) is 17.1 Å². The molecule has 0 radical (unpaired) electrons. The van der Waals surface area contributed by atoms with Crippen molar-refractivity contribution in [1.29, 1.82) is 0 Å². The van der Waals surface area contributed by atoms with Gasteiger partial charge in [0.15, 0.2) is 0 Å². The van der Waals surface area contributed by atoms with E-state index in [0.29, 0.717) is 34.1 Å². The van der Waals surface area contributed by atoms with Crippen molar-refractivity contribution in [3.05, 3.63) is 88.4 Å². The van der Waals surface area contributed by atoms with E-state index in [1.165, 1.54) is 12.1 Å². The summed E-state index contributed by atoms with van der Waals surface area (Å²) in [5, 5.41) is 3.18. The van der Waals surface area contributed by atoms with Gasteiger partial charge in [0, 0.05) is 23.4 Å². The number of benzene rings is 3. The van der Waals surface area contributed by atoms with Gasteiger partial charge in [0.05, 0.1) is 17.2 Å². The molecule has 3 aromatic rings. The van der Waals surface area contributed by atoms with Gasteiger partial charge < -0.3 is 10.1 Å². The first-order chi connectivity index (χ1) is 14.3. The zero-order valence-corrected chi connectivity index (χ0v) is 18.0. The number of nitrogens with one attached hydrogen (secondary N) is 2. The van der Waals surface area contributed by atoms with E-state index in [2.05, 4.69) is 10.0 Å². The number of ether oxygens (including phenoxy) is 1. The third kappa shape index (κ3) is 5.18. The molecule has 0 aliphatic heterocycles. The number of anilines is 2. The van der Waals surface area contributed by atoms with Crippen LogP contribution in [0.25, 0.3) is 0 Å². The minimum atomic E-state index is -3.88. The number of hydrogen-bond donors (Lipinski definition) is 2. The van der Waals surface area contributed by atoms with E-state index in [9.17, 15) is 13.2 Å².